The molecule has 3 N–H and O–H groups in total. The number of methoxy groups -OCH3 is 3. The zero-order chi connectivity index (χ0) is 28.9. The molecule has 1 aliphatic carbocycles. The van der Waals surface area contributed by atoms with Crippen molar-refractivity contribution in [3.63, 3.8) is 0 Å². The first-order valence-corrected chi connectivity index (χ1v) is 13.1. The maximum Gasteiger partial charge on any atom is 0.204 e. The van der Waals surface area contributed by atoms with Gasteiger partial charge in [0.1, 0.15) is 29.1 Å². The third kappa shape index (κ3) is 3.63. The SMILES string of the molecule is COc1ccc([C@@]23Oc4cc(OC)cc(OC)c4[C@]2(O)[C@H](O)[C@H](C(=O)c2occc2CO)[C@H]3c2ccccc2)cc1. The van der Waals surface area contributed by atoms with Crippen molar-refractivity contribution in [2.75, 3.05) is 21.3 Å². The molecule has 2 heterocycles. The molecule has 9 heteroatoms. The maximum atomic E-state index is 14.3. The first kappa shape index (κ1) is 26.9. The maximum absolute atomic E-state index is 14.3. The van der Waals surface area contributed by atoms with Crippen LogP contribution >= 0.6 is 0 Å². The number of carbonyl (C=O) groups excluding carboxylic acids is 1. The number of aliphatic hydroxyl groups is 3. The van der Waals surface area contributed by atoms with E-state index in [1.165, 1.54) is 26.5 Å². The average Bonchev–Trinajstić information content (AvgIpc) is 3.65. The molecule has 5 atom stereocenters. The van der Waals surface area contributed by atoms with Crippen molar-refractivity contribution in [2.24, 2.45) is 5.92 Å². The predicted octanol–water partition coefficient (Wildman–Crippen LogP) is 3.93. The molecule has 6 rings (SSSR count). The summed E-state index contributed by atoms with van der Waals surface area (Å²) in [6, 6.07) is 20.8. The minimum absolute atomic E-state index is 0.0899. The fraction of sp³-hybridized carbons (Fsp3) is 0.281. The highest BCUT2D eigenvalue weighted by Gasteiger charge is 2.78. The molecule has 0 saturated heterocycles. The van der Waals surface area contributed by atoms with E-state index in [1.54, 1.807) is 43.5 Å². The van der Waals surface area contributed by atoms with Crippen molar-refractivity contribution in [3.8, 4) is 23.0 Å². The largest absolute Gasteiger partial charge is 0.497 e. The molecule has 41 heavy (non-hydrogen) atoms. The first-order chi connectivity index (χ1) is 19.8. The van der Waals surface area contributed by atoms with E-state index in [9.17, 15) is 20.1 Å². The van der Waals surface area contributed by atoms with Gasteiger partial charge < -0.3 is 38.7 Å². The van der Waals surface area contributed by atoms with Crippen molar-refractivity contribution in [1.82, 2.24) is 0 Å². The van der Waals surface area contributed by atoms with Crippen LogP contribution in [0.4, 0.5) is 0 Å². The Hall–Kier alpha value is -4.31. The standard InChI is InChI=1S/C32H30O9/c1-37-21-11-9-20(10-12-21)32-26(18-7-5-4-6-8-18)25(28(34)29-19(17-33)13-14-40-29)30(35)31(32,36)27-23(39-3)15-22(38-2)16-24(27)41-32/h4-16,25-26,30,33,35-36H,17H2,1-3H3/t25-,26+,30+,31-,32-/m0/s1. The van der Waals surface area contributed by atoms with Gasteiger partial charge >= 0.3 is 0 Å². The van der Waals surface area contributed by atoms with Gasteiger partial charge in [-0.1, -0.05) is 42.5 Å². The molecule has 1 aromatic heterocycles. The van der Waals surface area contributed by atoms with E-state index in [-0.39, 0.29) is 28.4 Å². The number of carbonyl (C=O) groups is 1. The number of ether oxygens (including phenoxy) is 4. The molecule has 2 aliphatic rings. The van der Waals surface area contributed by atoms with Crippen molar-refractivity contribution in [1.29, 1.82) is 0 Å². The van der Waals surface area contributed by atoms with Crippen molar-refractivity contribution >= 4 is 5.78 Å². The Kier molecular flexibility index (Phi) is 6.53. The number of rotatable bonds is 8. The lowest BCUT2D eigenvalue weighted by Gasteiger charge is -2.40. The normalized spacial score (nSPS) is 26.1. The monoisotopic (exact) mass is 558 g/mol. The third-order valence-corrected chi connectivity index (χ3v) is 8.40. The first-order valence-electron chi connectivity index (χ1n) is 13.1. The Morgan fingerprint density at radius 3 is 2.27 bits per heavy atom. The molecule has 1 fully saturated rings. The summed E-state index contributed by atoms with van der Waals surface area (Å²) in [5.74, 6) is -1.36. The Bertz CT molecular complexity index is 1580. The van der Waals surface area contributed by atoms with Crippen LogP contribution in [0.3, 0.4) is 0 Å². The van der Waals surface area contributed by atoms with Crippen LogP contribution in [0.1, 0.15) is 38.7 Å². The van der Waals surface area contributed by atoms with Gasteiger partial charge in [0, 0.05) is 23.6 Å². The zero-order valence-electron chi connectivity index (χ0n) is 22.7. The van der Waals surface area contributed by atoms with Gasteiger partial charge in [0.05, 0.1) is 45.7 Å². The summed E-state index contributed by atoms with van der Waals surface area (Å²) in [5.41, 5.74) is -2.27. The summed E-state index contributed by atoms with van der Waals surface area (Å²) < 4.78 is 28.9. The fourth-order valence-corrected chi connectivity index (χ4v) is 6.62. The number of hydrogen-bond donors (Lipinski definition) is 3. The van der Waals surface area contributed by atoms with Crippen molar-refractivity contribution in [3.05, 3.63) is 107 Å². The molecule has 3 aromatic carbocycles. The van der Waals surface area contributed by atoms with Crippen LogP contribution in [-0.2, 0) is 17.8 Å². The molecule has 1 aliphatic heterocycles. The number of fused-ring (bicyclic) bond motifs is 3. The predicted molar refractivity (Wildman–Crippen MR) is 146 cm³/mol. The second-order valence-corrected chi connectivity index (χ2v) is 10.2. The molecule has 212 valence electrons. The van der Waals surface area contributed by atoms with Gasteiger partial charge in [0.15, 0.2) is 17.0 Å². The molecule has 0 bridgehead atoms. The van der Waals surface area contributed by atoms with Crippen LogP contribution in [0.2, 0.25) is 0 Å². The lowest BCUT2D eigenvalue weighted by molar-refractivity contribution is -0.151. The van der Waals surface area contributed by atoms with E-state index in [0.29, 0.717) is 22.6 Å². The number of aliphatic hydroxyl groups excluding tert-OH is 2. The van der Waals surface area contributed by atoms with Crippen LogP contribution in [0.5, 0.6) is 23.0 Å². The second-order valence-electron chi connectivity index (χ2n) is 10.2. The highest BCUT2D eigenvalue weighted by atomic mass is 16.5. The van der Waals surface area contributed by atoms with Gasteiger partial charge in [-0.3, -0.25) is 4.79 Å². The molecule has 0 unspecified atom stereocenters. The van der Waals surface area contributed by atoms with Crippen LogP contribution < -0.4 is 18.9 Å². The number of hydrogen-bond acceptors (Lipinski definition) is 9. The Balaban J connectivity index is 1.69. The summed E-state index contributed by atoms with van der Waals surface area (Å²) in [6.45, 7) is -0.433. The molecule has 4 aromatic rings. The lowest BCUT2D eigenvalue weighted by Crippen LogP contribution is -2.52. The minimum Gasteiger partial charge on any atom is -0.497 e. The molecule has 1 saturated carbocycles. The Morgan fingerprint density at radius 2 is 1.63 bits per heavy atom. The summed E-state index contributed by atoms with van der Waals surface area (Å²) in [7, 11) is 4.50. The van der Waals surface area contributed by atoms with Crippen LogP contribution in [-0.4, -0.2) is 48.5 Å². The molecular formula is C32H30O9. The van der Waals surface area contributed by atoms with Crippen molar-refractivity contribution < 1.29 is 43.5 Å². The topological polar surface area (TPSA) is 128 Å². The van der Waals surface area contributed by atoms with Crippen LogP contribution in [0.25, 0.3) is 0 Å². The van der Waals surface area contributed by atoms with Crippen LogP contribution in [0.15, 0.2) is 83.5 Å². The van der Waals surface area contributed by atoms with E-state index in [2.05, 4.69) is 0 Å². The minimum atomic E-state index is -2.18. The van der Waals surface area contributed by atoms with E-state index < -0.39 is 41.5 Å². The molecular weight excluding hydrogens is 528 g/mol. The van der Waals surface area contributed by atoms with Crippen LogP contribution in [0, 0.1) is 5.92 Å². The van der Waals surface area contributed by atoms with Gasteiger partial charge in [-0.05, 0) is 29.3 Å². The Labute approximate surface area is 236 Å². The summed E-state index contributed by atoms with van der Waals surface area (Å²) in [4.78, 5) is 14.3. The number of furan rings is 1. The average molecular weight is 559 g/mol. The Morgan fingerprint density at radius 1 is 0.927 bits per heavy atom. The van der Waals surface area contributed by atoms with Gasteiger partial charge in [-0.15, -0.1) is 0 Å². The van der Waals surface area contributed by atoms with Gasteiger partial charge in [-0.2, -0.15) is 0 Å². The number of ketones is 1. The molecule has 9 nitrogen and oxygen atoms in total. The molecule has 0 radical (unpaired) electrons. The summed E-state index contributed by atoms with van der Waals surface area (Å²) in [6.07, 6.45) is -0.379. The van der Waals surface area contributed by atoms with Crippen molar-refractivity contribution in [2.45, 2.75) is 29.8 Å². The fourth-order valence-electron chi connectivity index (χ4n) is 6.62. The van der Waals surface area contributed by atoms with E-state index >= 15 is 0 Å². The van der Waals surface area contributed by atoms with E-state index in [4.69, 9.17) is 23.4 Å². The third-order valence-electron chi connectivity index (χ3n) is 8.40. The smallest absolute Gasteiger partial charge is 0.204 e. The molecule has 0 amide bonds. The van der Waals surface area contributed by atoms with Gasteiger partial charge in [0.2, 0.25) is 5.78 Å². The summed E-state index contributed by atoms with van der Waals surface area (Å²) in [5, 5.41) is 35.1. The number of benzene rings is 3. The van der Waals surface area contributed by atoms with E-state index in [0.717, 1.165) is 0 Å². The lowest BCUT2D eigenvalue weighted by atomic mass is 9.70. The quantitative estimate of drug-likeness (QED) is 0.276. The second kappa shape index (κ2) is 9.95. The molecule has 0 spiro atoms. The highest BCUT2D eigenvalue weighted by Crippen LogP contribution is 2.70. The zero-order valence-corrected chi connectivity index (χ0v) is 22.7. The van der Waals surface area contributed by atoms with Gasteiger partial charge in [0.25, 0.3) is 0 Å². The summed E-state index contributed by atoms with van der Waals surface area (Å²) >= 11 is 0. The number of Topliss-reactive ketones (excluding diaryl/α,β-unsaturated/α-hetero) is 1. The van der Waals surface area contributed by atoms with E-state index in [1.807, 2.05) is 30.3 Å². The van der Waals surface area contributed by atoms with Gasteiger partial charge in [-0.25, -0.2) is 0 Å². The highest BCUT2D eigenvalue weighted by molar-refractivity contribution is 5.98.